The number of fused-ring (bicyclic) bond motifs is 1. The van der Waals surface area contributed by atoms with Crippen LogP contribution in [0.25, 0.3) is 33.7 Å². The summed E-state index contributed by atoms with van der Waals surface area (Å²) in [4.78, 5) is 4.56. The molecule has 2 heterocycles. The van der Waals surface area contributed by atoms with Crippen LogP contribution >= 0.6 is 0 Å². The van der Waals surface area contributed by atoms with Crippen LogP contribution < -0.4 is 0 Å². The lowest BCUT2D eigenvalue weighted by Gasteiger charge is -2.09. The van der Waals surface area contributed by atoms with Crippen LogP contribution in [0, 0.1) is 6.92 Å². The van der Waals surface area contributed by atoms with Crippen LogP contribution in [-0.2, 0) is 0 Å². The van der Waals surface area contributed by atoms with Crippen molar-refractivity contribution in [1.29, 1.82) is 0 Å². The maximum Gasteiger partial charge on any atom is 0.258 e. The number of rotatable bonds is 3. The zero-order valence-electron chi connectivity index (χ0n) is 14.0. The molecule has 0 saturated carbocycles. The van der Waals surface area contributed by atoms with Crippen LogP contribution in [0.15, 0.2) is 59.3 Å². The van der Waals surface area contributed by atoms with Gasteiger partial charge >= 0.3 is 0 Å². The van der Waals surface area contributed by atoms with E-state index in [1.165, 1.54) is 16.5 Å². The lowest BCUT2D eigenvalue weighted by atomic mass is 10.1. The Morgan fingerprint density at radius 1 is 1.00 bits per heavy atom. The predicted molar refractivity (Wildman–Crippen MR) is 95.8 cm³/mol. The Bertz CT molecular complexity index is 1010. The minimum atomic E-state index is 0.437. The van der Waals surface area contributed by atoms with Gasteiger partial charge in [-0.2, -0.15) is 4.98 Å². The number of nitrogens with zero attached hydrogens (tertiary/aromatic N) is 3. The highest BCUT2D eigenvalue weighted by molar-refractivity contribution is 5.84. The van der Waals surface area contributed by atoms with Crippen LogP contribution in [-0.4, -0.2) is 14.7 Å². The van der Waals surface area contributed by atoms with Crippen molar-refractivity contribution in [1.82, 2.24) is 14.7 Å². The monoisotopic (exact) mass is 317 g/mol. The molecule has 0 N–H and O–H groups in total. The maximum atomic E-state index is 5.45. The first-order chi connectivity index (χ1) is 11.6. The molecule has 0 aliphatic carbocycles. The van der Waals surface area contributed by atoms with E-state index >= 15 is 0 Å². The summed E-state index contributed by atoms with van der Waals surface area (Å²) in [6.07, 6.45) is 2.12. The average Bonchev–Trinajstić information content (AvgIpc) is 3.21. The Balaban J connectivity index is 1.73. The SMILES string of the molecule is Cc1cccc(-c2nc(-c3ccc4c(ccn4C(C)C)c3)no2)c1. The number of benzene rings is 2. The third-order valence-corrected chi connectivity index (χ3v) is 4.23. The molecule has 4 aromatic rings. The molecule has 0 bridgehead atoms. The van der Waals surface area contributed by atoms with E-state index in [1.807, 2.05) is 37.3 Å². The first-order valence-corrected chi connectivity index (χ1v) is 8.13. The summed E-state index contributed by atoms with van der Waals surface area (Å²) in [7, 11) is 0. The van der Waals surface area contributed by atoms with E-state index in [1.54, 1.807) is 0 Å². The van der Waals surface area contributed by atoms with E-state index in [9.17, 15) is 0 Å². The highest BCUT2D eigenvalue weighted by Gasteiger charge is 2.12. The summed E-state index contributed by atoms with van der Waals surface area (Å²) in [6.45, 7) is 6.41. The van der Waals surface area contributed by atoms with Gasteiger partial charge in [0, 0.05) is 34.3 Å². The second-order valence-electron chi connectivity index (χ2n) is 6.38. The molecule has 4 heteroatoms. The fourth-order valence-corrected chi connectivity index (χ4v) is 2.99. The molecular weight excluding hydrogens is 298 g/mol. The number of hydrogen-bond donors (Lipinski definition) is 0. The highest BCUT2D eigenvalue weighted by Crippen LogP contribution is 2.27. The standard InChI is InChI=1S/C20H19N3O/c1-13(2)23-10-9-15-12-16(7-8-18(15)23)19-21-20(24-22-19)17-6-4-5-14(3)11-17/h4-13H,1-3H3. The quantitative estimate of drug-likeness (QED) is 0.518. The predicted octanol–water partition coefficient (Wildman–Crippen LogP) is 5.25. The number of hydrogen-bond acceptors (Lipinski definition) is 3. The molecule has 0 atom stereocenters. The van der Waals surface area contributed by atoms with Crippen molar-refractivity contribution >= 4 is 10.9 Å². The van der Waals surface area contributed by atoms with Crippen LogP contribution in [0.1, 0.15) is 25.5 Å². The summed E-state index contributed by atoms with van der Waals surface area (Å²) < 4.78 is 7.71. The fraction of sp³-hybridized carbons (Fsp3) is 0.200. The molecule has 2 aromatic carbocycles. The Morgan fingerprint density at radius 3 is 2.67 bits per heavy atom. The minimum Gasteiger partial charge on any atom is -0.345 e. The minimum absolute atomic E-state index is 0.437. The van der Waals surface area contributed by atoms with Crippen molar-refractivity contribution in [2.75, 3.05) is 0 Å². The van der Waals surface area contributed by atoms with Crippen molar-refractivity contribution in [3.05, 3.63) is 60.3 Å². The van der Waals surface area contributed by atoms with Crippen LogP contribution in [0.5, 0.6) is 0 Å². The van der Waals surface area contributed by atoms with Crippen LogP contribution in [0.2, 0.25) is 0 Å². The normalized spacial score (nSPS) is 11.5. The summed E-state index contributed by atoms with van der Waals surface area (Å²) in [5.41, 5.74) is 4.30. The lowest BCUT2D eigenvalue weighted by Crippen LogP contribution is -1.97. The highest BCUT2D eigenvalue weighted by atomic mass is 16.5. The molecule has 2 aromatic heterocycles. The van der Waals surface area contributed by atoms with Gasteiger partial charge in [-0.25, -0.2) is 0 Å². The Labute approximate surface area is 140 Å². The van der Waals surface area contributed by atoms with Crippen molar-refractivity contribution in [3.8, 4) is 22.8 Å². The van der Waals surface area contributed by atoms with Gasteiger partial charge in [0.1, 0.15) is 0 Å². The molecule has 0 aliphatic heterocycles. The number of aromatic nitrogens is 3. The second kappa shape index (κ2) is 5.64. The average molecular weight is 317 g/mol. The Kier molecular flexibility index (Phi) is 3.45. The van der Waals surface area contributed by atoms with Gasteiger partial charge in [0.2, 0.25) is 5.82 Å². The maximum absolute atomic E-state index is 5.45. The molecule has 0 fully saturated rings. The van der Waals surface area contributed by atoms with E-state index in [0.29, 0.717) is 17.8 Å². The molecule has 0 unspecified atom stereocenters. The summed E-state index contributed by atoms with van der Waals surface area (Å²) >= 11 is 0. The topological polar surface area (TPSA) is 43.9 Å². The zero-order chi connectivity index (χ0) is 16.7. The molecule has 120 valence electrons. The first-order valence-electron chi connectivity index (χ1n) is 8.13. The Morgan fingerprint density at radius 2 is 1.88 bits per heavy atom. The summed E-state index contributed by atoms with van der Waals surface area (Å²) in [5.74, 6) is 1.17. The van der Waals surface area contributed by atoms with Crippen molar-refractivity contribution < 1.29 is 4.52 Å². The largest absolute Gasteiger partial charge is 0.345 e. The molecule has 4 rings (SSSR count). The van der Waals surface area contributed by atoms with Gasteiger partial charge in [0.15, 0.2) is 0 Å². The summed E-state index contributed by atoms with van der Waals surface area (Å²) in [5, 5.41) is 5.33. The Hall–Kier alpha value is -2.88. The van der Waals surface area contributed by atoms with E-state index in [-0.39, 0.29) is 0 Å². The van der Waals surface area contributed by atoms with E-state index in [0.717, 1.165) is 11.1 Å². The van der Waals surface area contributed by atoms with Gasteiger partial charge in [0.25, 0.3) is 5.89 Å². The molecule has 0 aliphatic rings. The molecule has 0 amide bonds. The molecular formula is C20H19N3O. The van der Waals surface area contributed by atoms with E-state index < -0.39 is 0 Å². The molecule has 0 radical (unpaired) electrons. The van der Waals surface area contributed by atoms with Gasteiger partial charge in [0.05, 0.1) is 0 Å². The van der Waals surface area contributed by atoms with Gasteiger partial charge < -0.3 is 9.09 Å². The van der Waals surface area contributed by atoms with Crippen LogP contribution in [0.3, 0.4) is 0 Å². The number of aryl methyl sites for hydroxylation is 1. The van der Waals surface area contributed by atoms with Gasteiger partial charge in [-0.05, 0) is 57.2 Å². The molecule has 0 saturated heterocycles. The van der Waals surface area contributed by atoms with Gasteiger partial charge in [-0.1, -0.05) is 22.9 Å². The lowest BCUT2D eigenvalue weighted by molar-refractivity contribution is 0.432. The van der Waals surface area contributed by atoms with Crippen molar-refractivity contribution in [3.63, 3.8) is 0 Å². The van der Waals surface area contributed by atoms with E-state index in [4.69, 9.17) is 4.52 Å². The van der Waals surface area contributed by atoms with Gasteiger partial charge in [-0.3, -0.25) is 0 Å². The summed E-state index contributed by atoms with van der Waals surface area (Å²) in [6, 6.07) is 16.9. The van der Waals surface area contributed by atoms with Crippen LogP contribution in [0.4, 0.5) is 0 Å². The first kappa shape index (κ1) is 14.7. The zero-order valence-corrected chi connectivity index (χ0v) is 14.0. The third kappa shape index (κ3) is 2.50. The van der Waals surface area contributed by atoms with Gasteiger partial charge in [-0.15, -0.1) is 0 Å². The third-order valence-electron chi connectivity index (χ3n) is 4.23. The fourth-order valence-electron chi connectivity index (χ4n) is 2.99. The second-order valence-corrected chi connectivity index (χ2v) is 6.38. The molecule has 0 spiro atoms. The molecule has 4 nitrogen and oxygen atoms in total. The van der Waals surface area contributed by atoms with Crippen molar-refractivity contribution in [2.24, 2.45) is 0 Å². The smallest absolute Gasteiger partial charge is 0.258 e. The molecule has 24 heavy (non-hydrogen) atoms. The van der Waals surface area contributed by atoms with Crippen molar-refractivity contribution in [2.45, 2.75) is 26.8 Å². The van der Waals surface area contributed by atoms with E-state index in [2.05, 4.69) is 53.0 Å².